The minimum atomic E-state index is -0.206. The van der Waals surface area contributed by atoms with Crippen LogP contribution in [-0.4, -0.2) is 57.9 Å². The van der Waals surface area contributed by atoms with Crippen molar-refractivity contribution in [3.05, 3.63) is 41.3 Å². The number of nitrogens with zero attached hydrogens (tertiary/aromatic N) is 3. The topological polar surface area (TPSA) is 80.3 Å². The average Bonchev–Trinajstić information content (AvgIpc) is 3.36. The highest BCUT2D eigenvalue weighted by molar-refractivity contribution is 5.95. The van der Waals surface area contributed by atoms with Gasteiger partial charge < -0.3 is 14.4 Å². The molecule has 2 aromatic heterocycles. The van der Waals surface area contributed by atoms with Crippen molar-refractivity contribution in [3.8, 4) is 5.88 Å². The summed E-state index contributed by atoms with van der Waals surface area (Å²) >= 11 is 0. The van der Waals surface area contributed by atoms with Crippen LogP contribution >= 0.6 is 0 Å². The van der Waals surface area contributed by atoms with Gasteiger partial charge in [0.25, 0.3) is 5.91 Å². The van der Waals surface area contributed by atoms with Crippen molar-refractivity contribution < 1.29 is 14.3 Å². The van der Waals surface area contributed by atoms with Gasteiger partial charge in [0.2, 0.25) is 5.88 Å². The molecule has 0 bridgehead atoms. The summed E-state index contributed by atoms with van der Waals surface area (Å²) in [6.45, 7) is 2.69. The summed E-state index contributed by atoms with van der Waals surface area (Å²) in [5.41, 5.74) is 2.66. The van der Waals surface area contributed by atoms with Crippen LogP contribution in [0.25, 0.3) is 0 Å². The van der Waals surface area contributed by atoms with Crippen molar-refractivity contribution in [3.63, 3.8) is 0 Å². The SMILES string of the molecule is O=C(c1n[nH]c2c1CCC2)N1CC2(C1)OCC[C@H]2CCOc1ccccn1. The number of ether oxygens (including phenoxy) is 2. The minimum absolute atomic E-state index is 0.0408. The van der Waals surface area contributed by atoms with E-state index in [9.17, 15) is 4.79 Å². The standard InChI is InChI=1S/C20H24N4O3/c25-19(18-15-4-3-5-16(15)22-23-18)24-12-20(13-24)14(8-11-27-20)7-10-26-17-6-1-2-9-21-17/h1-2,6,9,14H,3-5,7-8,10-13H2,(H,22,23)/t14-/m1/s1. The Balaban J connectivity index is 1.18. The van der Waals surface area contributed by atoms with Gasteiger partial charge in [-0.05, 0) is 44.1 Å². The van der Waals surface area contributed by atoms with Crippen molar-refractivity contribution in [2.75, 3.05) is 26.3 Å². The number of amides is 1. The molecule has 5 rings (SSSR count). The fraction of sp³-hybridized carbons (Fsp3) is 0.550. The van der Waals surface area contributed by atoms with E-state index < -0.39 is 0 Å². The zero-order chi connectivity index (χ0) is 18.3. The number of nitrogens with one attached hydrogen (secondary N) is 1. The number of hydrogen-bond donors (Lipinski definition) is 1. The lowest BCUT2D eigenvalue weighted by atomic mass is 9.79. The number of aromatic nitrogens is 3. The second kappa shape index (κ2) is 6.64. The molecule has 2 saturated heterocycles. The first-order valence-corrected chi connectivity index (χ1v) is 9.78. The zero-order valence-electron chi connectivity index (χ0n) is 15.3. The Kier molecular flexibility index (Phi) is 4.11. The van der Waals surface area contributed by atoms with Gasteiger partial charge in [0.15, 0.2) is 5.69 Å². The van der Waals surface area contributed by atoms with Gasteiger partial charge in [-0.25, -0.2) is 4.98 Å². The van der Waals surface area contributed by atoms with Gasteiger partial charge in [0.05, 0.1) is 19.7 Å². The second-order valence-corrected chi connectivity index (χ2v) is 7.75. The van der Waals surface area contributed by atoms with E-state index in [4.69, 9.17) is 9.47 Å². The molecule has 27 heavy (non-hydrogen) atoms. The number of rotatable bonds is 5. The van der Waals surface area contributed by atoms with Crippen LogP contribution in [0, 0.1) is 5.92 Å². The Bertz CT molecular complexity index is 829. The number of carbonyl (C=O) groups excluding carboxylic acids is 1. The van der Waals surface area contributed by atoms with Crippen LogP contribution in [0.5, 0.6) is 5.88 Å². The normalized spacial score (nSPS) is 22.7. The third-order valence-corrected chi connectivity index (χ3v) is 6.17. The molecular formula is C20H24N4O3. The maximum atomic E-state index is 12.8. The third kappa shape index (κ3) is 2.90. The van der Waals surface area contributed by atoms with Crippen LogP contribution in [0.1, 0.15) is 41.0 Å². The van der Waals surface area contributed by atoms with Gasteiger partial charge in [-0.15, -0.1) is 0 Å². The third-order valence-electron chi connectivity index (χ3n) is 6.17. The first-order chi connectivity index (χ1) is 13.3. The number of H-pyrrole nitrogens is 1. The van der Waals surface area contributed by atoms with Crippen molar-refractivity contribution in [2.24, 2.45) is 5.92 Å². The van der Waals surface area contributed by atoms with E-state index in [1.54, 1.807) is 6.20 Å². The van der Waals surface area contributed by atoms with Crippen LogP contribution in [0.3, 0.4) is 0 Å². The Morgan fingerprint density at radius 2 is 2.30 bits per heavy atom. The molecule has 2 fully saturated rings. The predicted octanol–water partition coefficient (Wildman–Crippen LogP) is 1.99. The molecule has 1 N–H and O–H groups in total. The maximum Gasteiger partial charge on any atom is 0.274 e. The number of aromatic amines is 1. The summed E-state index contributed by atoms with van der Waals surface area (Å²) in [6.07, 6.45) is 6.73. The highest BCUT2D eigenvalue weighted by Gasteiger charge is 2.54. The molecule has 0 saturated carbocycles. The molecule has 0 radical (unpaired) electrons. The molecule has 2 aromatic rings. The van der Waals surface area contributed by atoms with Crippen LogP contribution < -0.4 is 4.74 Å². The van der Waals surface area contributed by atoms with E-state index in [2.05, 4.69) is 15.2 Å². The van der Waals surface area contributed by atoms with Crippen molar-refractivity contribution in [2.45, 2.75) is 37.7 Å². The van der Waals surface area contributed by atoms with E-state index >= 15 is 0 Å². The summed E-state index contributed by atoms with van der Waals surface area (Å²) in [5.74, 6) is 1.11. The lowest BCUT2D eigenvalue weighted by Crippen LogP contribution is -2.66. The predicted molar refractivity (Wildman–Crippen MR) is 97.7 cm³/mol. The first kappa shape index (κ1) is 16.7. The van der Waals surface area contributed by atoms with Crippen molar-refractivity contribution in [1.82, 2.24) is 20.1 Å². The average molecular weight is 368 g/mol. The molecule has 7 nitrogen and oxygen atoms in total. The largest absolute Gasteiger partial charge is 0.478 e. The van der Waals surface area contributed by atoms with E-state index in [-0.39, 0.29) is 11.5 Å². The van der Waals surface area contributed by atoms with Gasteiger partial charge >= 0.3 is 0 Å². The van der Waals surface area contributed by atoms with E-state index in [0.717, 1.165) is 50.0 Å². The number of aryl methyl sites for hydroxylation is 1. The molecule has 0 aromatic carbocycles. The molecular weight excluding hydrogens is 344 g/mol. The molecule has 7 heteroatoms. The molecule has 0 unspecified atom stereocenters. The molecule has 1 aliphatic carbocycles. The highest BCUT2D eigenvalue weighted by atomic mass is 16.5. The van der Waals surface area contributed by atoms with Gasteiger partial charge in [-0.1, -0.05) is 6.07 Å². The lowest BCUT2D eigenvalue weighted by Gasteiger charge is -2.50. The number of fused-ring (bicyclic) bond motifs is 1. The van der Waals surface area contributed by atoms with E-state index in [1.807, 2.05) is 23.1 Å². The fourth-order valence-corrected chi connectivity index (χ4v) is 4.67. The highest BCUT2D eigenvalue weighted by Crippen LogP contribution is 2.42. The molecule has 1 amide bonds. The Morgan fingerprint density at radius 1 is 1.37 bits per heavy atom. The Labute approximate surface area is 158 Å². The van der Waals surface area contributed by atoms with Crippen molar-refractivity contribution in [1.29, 1.82) is 0 Å². The maximum absolute atomic E-state index is 12.8. The summed E-state index contributed by atoms with van der Waals surface area (Å²) in [7, 11) is 0. The van der Waals surface area contributed by atoms with Gasteiger partial charge in [0.1, 0.15) is 5.60 Å². The Hall–Kier alpha value is -2.41. The number of pyridine rings is 1. The van der Waals surface area contributed by atoms with Crippen molar-refractivity contribution >= 4 is 5.91 Å². The molecule has 142 valence electrons. The molecule has 1 spiro atoms. The fourth-order valence-electron chi connectivity index (χ4n) is 4.67. The van der Waals surface area contributed by atoms with Crippen LogP contribution in [0.2, 0.25) is 0 Å². The minimum Gasteiger partial charge on any atom is -0.478 e. The number of likely N-dealkylation sites (tertiary alicyclic amines) is 1. The van der Waals surface area contributed by atoms with Gasteiger partial charge in [-0.3, -0.25) is 9.89 Å². The smallest absolute Gasteiger partial charge is 0.274 e. The van der Waals surface area contributed by atoms with E-state index in [1.165, 1.54) is 0 Å². The van der Waals surface area contributed by atoms with Crippen LogP contribution in [0.15, 0.2) is 24.4 Å². The van der Waals surface area contributed by atoms with Gasteiger partial charge in [0, 0.05) is 30.1 Å². The molecule has 2 aliphatic heterocycles. The van der Waals surface area contributed by atoms with Gasteiger partial charge in [-0.2, -0.15) is 5.10 Å². The first-order valence-electron chi connectivity index (χ1n) is 9.78. The monoisotopic (exact) mass is 368 g/mol. The molecule has 1 atom stereocenters. The molecule has 3 aliphatic rings. The van der Waals surface area contributed by atoms with E-state index in [0.29, 0.717) is 37.2 Å². The number of carbonyl (C=O) groups is 1. The van der Waals surface area contributed by atoms with Crippen LogP contribution in [-0.2, 0) is 17.6 Å². The van der Waals surface area contributed by atoms with Crippen LogP contribution in [0.4, 0.5) is 0 Å². The summed E-state index contributed by atoms with van der Waals surface area (Å²) in [6, 6.07) is 5.66. The summed E-state index contributed by atoms with van der Waals surface area (Å²) in [5, 5.41) is 7.31. The summed E-state index contributed by atoms with van der Waals surface area (Å²) < 4.78 is 11.8. The zero-order valence-corrected chi connectivity index (χ0v) is 15.3. The quantitative estimate of drug-likeness (QED) is 0.873. The summed E-state index contributed by atoms with van der Waals surface area (Å²) in [4.78, 5) is 18.9. The Morgan fingerprint density at radius 3 is 3.15 bits per heavy atom. The lowest BCUT2D eigenvalue weighted by molar-refractivity contribution is -0.119. The second-order valence-electron chi connectivity index (χ2n) is 7.75. The number of hydrogen-bond acceptors (Lipinski definition) is 5. The molecule has 4 heterocycles.